The van der Waals surface area contributed by atoms with Crippen LogP contribution in [0.3, 0.4) is 0 Å². The lowest BCUT2D eigenvalue weighted by molar-refractivity contribution is 0.00431. The summed E-state index contributed by atoms with van der Waals surface area (Å²) in [5, 5.41) is 22.8. The molecular formula is C42H55N5O3. The number of benzene rings is 2. The molecule has 2 aliphatic rings. The first kappa shape index (κ1) is 37.2. The average Bonchev–Trinajstić information content (AvgIpc) is 3.55. The predicted octanol–water partition coefficient (Wildman–Crippen LogP) is 7.61. The van der Waals surface area contributed by atoms with Gasteiger partial charge >= 0.3 is 6.01 Å². The number of fused-ring (bicyclic) bond motifs is 1. The van der Waals surface area contributed by atoms with Crippen LogP contribution < -0.4 is 9.64 Å². The van der Waals surface area contributed by atoms with E-state index in [0.717, 1.165) is 75.0 Å². The highest BCUT2D eigenvalue weighted by atomic mass is 16.5. The third kappa shape index (κ3) is 9.19. The highest BCUT2D eigenvalue weighted by Crippen LogP contribution is 2.36. The average molecular weight is 678 g/mol. The zero-order valence-electron chi connectivity index (χ0n) is 30.1. The molecule has 1 aliphatic heterocycles. The van der Waals surface area contributed by atoms with Gasteiger partial charge in [0.1, 0.15) is 12.0 Å². The number of hydrogen-bond acceptors (Lipinski definition) is 8. The van der Waals surface area contributed by atoms with Gasteiger partial charge in [-0.2, -0.15) is 15.2 Å². The summed E-state index contributed by atoms with van der Waals surface area (Å²) in [5.41, 5.74) is 4.63. The first-order valence-electron chi connectivity index (χ1n) is 18.5. The van der Waals surface area contributed by atoms with Crippen LogP contribution in [0.1, 0.15) is 69.2 Å². The lowest BCUT2D eigenvalue weighted by Crippen LogP contribution is -2.56. The third-order valence-electron chi connectivity index (χ3n) is 10.4. The smallest absolute Gasteiger partial charge is 0.318 e. The summed E-state index contributed by atoms with van der Waals surface area (Å²) in [6.07, 6.45) is 10.4. The Morgan fingerprint density at radius 2 is 1.94 bits per heavy atom. The van der Waals surface area contributed by atoms with Crippen LogP contribution in [0, 0.1) is 23.2 Å². The number of nitriles is 1. The summed E-state index contributed by atoms with van der Waals surface area (Å²) < 4.78 is 12.5. The van der Waals surface area contributed by atoms with Gasteiger partial charge in [0.25, 0.3) is 0 Å². The van der Waals surface area contributed by atoms with E-state index in [0.29, 0.717) is 50.5 Å². The van der Waals surface area contributed by atoms with Crippen LogP contribution in [0.25, 0.3) is 10.8 Å². The maximum atomic E-state index is 10.6. The third-order valence-corrected chi connectivity index (χ3v) is 10.4. The molecule has 8 heteroatoms. The van der Waals surface area contributed by atoms with Crippen LogP contribution in [0.5, 0.6) is 6.01 Å². The Labute approximate surface area is 299 Å². The van der Waals surface area contributed by atoms with E-state index in [2.05, 4.69) is 87.0 Å². The Morgan fingerprint density at radius 1 is 1.12 bits per heavy atom. The minimum atomic E-state index is -0.799. The number of aliphatic hydroxyl groups excluding tert-OH is 1. The summed E-state index contributed by atoms with van der Waals surface area (Å²) in [6, 6.07) is 17.6. The van der Waals surface area contributed by atoms with Crippen LogP contribution in [0.4, 0.5) is 5.82 Å². The zero-order valence-corrected chi connectivity index (χ0v) is 30.1. The molecule has 5 atom stereocenters. The Bertz CT molecular complexity index is 1640. The van der Waals surface area contributed by atoms with Crippen molar-refractivity contribution in [1.29, 1.82) is 5.26 Å². The van der Waals surface area contributed by atoms with Crippen molar-refractivity contribution in [1.82, 2.24) is 14.9 Å². The van der Waals surface area contributed by atoms with E-state index in [-0.39, 0.29) is 12.1 Å². The summed E-state index contributed by atoms with van der Waals surface area (Å²) in [6.45, 7) is 19.7. The molecule has 5 rings (SSSR count). The fourth-order valence-corrected chi connectivity index (χ4v) is 7.71. The molecule has 3 aromatic rings. The van der Waals surface area contributed by atoms with Gasteiger partial charge in [-0.25, -0.2) is 0 Å². The van der Waals surface area contributed by atoms with Crippen LogP contribution >= 0.6 is 0 Å². The Kier molecular flexibility index (Phi) is 13.6. The molecule has 1 saturated carbocycles. The van der Waals surface area contributed by atoms with Gasteiger partial charge in [0.15, 0.2) is 0 Å². The molecule has 1 saturated heterocycles. The standard InChI is InChI=1S/C42H55N5O3/c1-6-24-49-36-26-31(7-2)34(27-36)29-50-42-44-39(8-3)38(41(45-42)46-22-23-47(40(48)9-4)35(28-46)20-21-43)19-12-14-30(5)25-33-17-13-16-32-15-10-11-18-37(32)33/h7,9-11,13,15-18,31,34-36,40,48H,2,4-6,8,12,14,19-20,22-29H2,1,3H3/t31?,34-,35-,36-,40?/m0/s1. The minimum absolute atomic E-state index is 0.161. The maximum Gasteiger partial charge on any atom is 0.318 e. The Morgan fingerprint density at radius 3 is 2.70 bits per heavy atom. The van der Waals surface area contributed by atoms with E-state index in [1.54, 1.807) is 0 Å². The monoisotopic (exact) mass is 677 g/mol. The molecule has 1 aliphatic carbocycles. The summed E-state index contributed by atoms with van der Waals surface area (Å²) in [5.74, 6) is 1.50. The number of hydrogen-bond donors (Lipinski definition) is 1. The van der Waals surface area contributed by atoms with Gasteiger partial charge in [-0.3, -0.25) is 4.90 Å². The number of allylic oxidation sites excluding steroid dienone is 2. The first-order valence-corrected chi connectivity index (χ1v) is 18.5. The number of nitrogens with zero attached hydrogens (tertiary/aromatic N) is 5. The molecule has 0 amide bonds. The molecule has 1 aromatic heterocycles. The molecule has 2 fully saturated rings. The second-order valence-corrected chi connectivity index (χ2v) is 13.8. The van der Waals surface area contributed by atoms with E-state index in [1.165, 1.54) is 28.0 Å². The Balaban J connectivity index is 1.35. The van der Waals surface area contributed by atoms with Crippen molar-refractivity contribution in [3.05, 3.63) is 96.7 Å². The van der Waals surface area contributed by atoms with Gasteiger partial charge in [-0.05, 0) is 79.7 Å². The normalized spacial score (nSPS) is 21.5. The molecule has 266 valence electrons. The highest BCUT2D eigenvalue weighted by molar-refractivity contribution is 5.85. The number of aromatic nitrogens is 2. The van der Waals surface area contributed by atoms with Crippen LogP contribution in [0.15, 0.2) is 79.9 Å². The maximum absolute atomic E-state index is 10.6. The van der Waals surface area contributed by atoms with Crippen molar-refractivity contribution in [2.45, 2.75) is 90.0 Å². The fourth-order valence-electron chi connectivity index (χ4n) is 7.71. The number of piperazine rings is 1. The van der Waals surface area contributed by atoms with Crippen LogP contribution in [-0.2, 0) is 24.0 Å². The highest BCUT2D eigenvalue weighted by Gasteiger charge is 2.35. The molecular weight excluding hydrogens is 622 g/mol. The number of rotatable bonds is 18. The summed E-state index contributed by atoms with van der Waals surface area (Å²) >= 11 is 0. The second kappa shape index (κ2) is 18.3. The molecule has 2 heterocycles. The van der Waals surface area contributed by atoms with Crippen LogP contribution in [0.2, 0.25) is 0 Å². The molecule has 50 heavy (non-hydrogen) atoms. The first-order chi connectivity index (χ1) is 24.4. The van der Waals surface area contributed by atoms with E-state index < -0.39 is 6.23 Å². The number of ether oxygens (including phenoxy) is 2. The second-order valence-electron chi connectivity index (χ2n) is 13.8. The van der Waals surface area contributed by atoms with Crippen molar-refractivity contribution < 1.29 is 14.6 Å². The van der Waals surface area contributed by atoms with Gasteiger partial charge < -0.3 is 19.5 Å². The molecule has 8 nitrogen and oxygen atoms in total. The SMILES string of the molecule is C=CC1C[C@H](OCCC)C[C@H]1COc1nc(CC)c(CCCC(=C)Cc2cccc3ccccc23)c(N2CCN(C(O)C=C)[C@@H](CC#N)C2)n1. The fraction of sp³-hybridized carbons (Fsp3) is 0.500. The van der Waals surface area contributed by atoms with E-state index in [4.69, 9.17) is 19.4 Å². The van der Waals surface area contributed by atoms with Crippen molar-refractivity contribution >= 4 is 16.6 Å². The molecule has 1 N–H and O–H groups in total. The van der Waals surface area contributed by atoms with Gasteiger partial charge in [0.2, 0.25) is 0 Å². The summed E-state index contributed by atoms with van der Waals surface area (Å²) in [7, 11) is 0. The van der Waals surface area contributed by atoms with Gasteiger partial charge in [-0.15, -0.1) is 6.58 Å². The lowest BCUT2D eigenvalue weighted by Gasteiger charge is -2.43. The van der Waals surface area contributed by atoms with Gasteiger partial charge in [0.05, 0.1) is 30.9 Å². The molecule has 2 aromatic carbocycles. The van der Waals surface area contributed by atoms with Crippen molar-refractivity contribution in [3.8, 4) is 12.1 Å². The van der Waals surface area contributed by atoms with E-state index >= 15 is 0 Å². The van der Waals surface area contributed by atoms with Gasteiger partial charge in [-0.1, -0.05) is 81.1 Å². The molecule has 2 unspecified atom stereocenters. The largest absolute Gasteiger partial charge is 0.463 e. The molecule has 0 spiro atoms. The number of aryl methyl sites for hydroxylation is 1. The van der Waals surface area contributed by atoms with Crippen molar-refractivity contribution in [2.75, 3.05) is 37.7 Å². The van der Waals surface area contributed by atoms with Crippen molar-refractivity contribution in [3.63, 3.8) is 0 Å². The zero-order chi connectivity index (χ0) is 35.5. The van der Waals surface area contributed by atoms with Crippen molar-refractivity contribution in [2.24, 2.45) is 11.8 Å². The molecule has 0 bridgehead atoms. The topological polar surface area (TPSA) is 94.7 Å². The summed E-state index contributed by atoms with van der Waals surface area (Å²) in [4.78, 5) is 14.3. The minimum Gasteiger partial charge on any atom is -0.463 e. The van der Waals surface area contributed by atoms with Crippen LogP contribution in [-0.4, -0.2) is 71.2 Å². The Hall–Kier alpha value is -4.03. The number of aliphatic hydroxyl groups is 1. The van der Waals surface area contributed by atoms with E-state index in [1.807, 2.05) is 11.0 Å². The molecule has 0 radical (unpaired) electrons. The lowest BCUT2D eigenvalue weighted by atomic mass is 9.95. The predicted molar refractivity (Wildman–Crippen MR) is 202 cm³/mol. The quantitative estimate of drug-likeness (QED) is 0.138. The number of anilines is 1. The van der Waals surface area contributed by atoms with Gasteiger partial charge in [0, 0.05) is 43.8 Å². The van der Waals surface area contributed by atoms with E-state index in [9.17, 15) is 10.4 Å².